The number of hydrogen-bond donors (Lipinski definition) is 2. The summed E-state index contributed by atoms with van der Waals surface area (Å²) in [5.74, 6) is -1.17. The number of carbonyl (C=O) groups is 2. The average Bonchev–Trinajstić information content (AvgIpc) is 2.73. The molecule has 0 saturated heterocycles. The molecule has 2 atom stereocenters. The summed E-state index contributed by atoms with van der Waals surface area (Å²) in [6.45, 7) is 2.42. The van der Waals surface area contributed by atoms with E-state index in [9.17, 15) is 14.7 Å². The smallest absolute Gasteiger partial charge is 0.311 e. The Labute approximate surface area is 105 Å². The average molecular weight is 255 g/mol. The van der Waals surface area contributed by atoms with Gasteiger partial charge in [0.15, 0.2) is 0 Å². The van der Waals surface area contributed by atoms with Crippen LogP contribution in [0.25, 0.3) is 0 Å². The fourth-order valence-corrected chi connectivity index (χ4v) is 2.37. The Bertz CT molecular complexity index is 392. The lowest BCUT2D eigenvalue weighted by atomic mass is 9.85. The molecule has 0 radical (unpaired) electrons. The molecule has 1 amide bonds. The van der Waals surface area contributed by atoms with E-state index >= 15 is 0 Å². The van der Waals surface area contributed by atoms with Crippen LogP contribution in [0.15, 0.2) is 12.0 Å². The van der Waals surface area contributed by atoms with Gasteiger partial charge in [0, 0.05) is 6.04 Å². The van der Waals surface area contributed by atoms with Gasteiger partial charge in [-0.3, -0.25) is 9.59 Å². The van der Waals surface area contributed by atoms with Crippen LogP contribution in [-0.2, 0) is 19.1 Å². The van der Waals surface area contributed by atoms with Gasteiger partial charge in [-0.1, -0.05) is 6.42 Å². The molecule has 0 bridgehead atoms. The topological polar surface area (TPSA) is 84.9 Å². The molecule has 1 aliphatic carbocycles. The molecule has 2 N–H and O–H groups in total. The molecule has 1 saturated carbocycles. The van der Waals surface area contributed by atoms with Crippen molar-refractivity contribution in [2.75, 3.05) is 13.2 Å². The number of carbonyl (C=O) groups excluding carboxylic acids is 1. The molecule has 6 heteroatoms. The van der Waals surface area contributed by atoms with E-state index in [1.807, 2.05) is 0 Å². The van der Waals surface area contributed by atoms with Crippen molar-refractivity contribution in [3.63, 3.8) is 0 Å². The molecule has 18 heavy (non-hydrogen) atoms. The predicted molar refractivity (Wildman–Crippen MR) is 61.5 cm³/mol. The first kappa shape index (κ1) is 12.7. The van der Waals surface area contributed by atoms with Crippen molar-refractivity contribution < 1.29 is 24.2 Å². The zero-order valence-electron chi connectivity index (χ0n) is 10.3. The predicted octanol–water partition coefficient (Wildman–Crippen LogP) is 0.634. The third kappa shape index (κ3) is 2.27. The SMILES string of the molecule is CC1(C(=O)O)CCCC1NC(=O)C1=COCCO1. The second-order valence-electron chi connectivity index (χ2n) is 4.84. The standard InChI is InChI=1S/C12H17NO5/c1-12(11(15)16)4-2-3-9(12)13-10(14)8-7-17-5-6-18-8/h7,9H,2-6H2,1H3,(H,13,14)(H,15,16). The summed E-state index contributed by atoms with van der Waals surface area (Å²) in [6, 6.07) is -0.367. The summed E-state index contributed by atoms with van der Waals surface area (Å²) >= 11 is 0. The van der Waals surface area contributed by atoms with Crippen LogP contribution in [-0.4, -0.2) is 36.2 Å². The number of rotatable bonds is 3. The molecule has 1 heterocycles. The van der Waals surface area contributed by atoms with E-state index in [0.717, 1.165) is 6.42 Å². The van der Waals surface area contributed by atoms with Crippen LogP contribution in [0.1, 0.15) is 26.2 Å². The largest absolute Gasteiger partial charge is 0.494 e. The Kier molecular flexibility index (Phi) is 3.45. The van der Waals surface area contributed by atoms with E-state index in [-0.39, 0.29) is 11.8 Å². The number of hydrogen-bond acceptors (Lipinski definition) is 4. The van der Waals surface area contributed by atoms with Gasteiger partial charge in [0.05, 0.1) is 5.41 Å². The zero-order chi connectivity index (χ0) is 13.2. The van der Waals surface area contributed by atoms with Gasteiger partial charge >= 0.3 is 5.97 Å². The minimum atomic E-state index is -0.897. The van der Waals surface area contributed by atoms with E-state index in [0.29, 0.717) is 26.1 Å². The second-order valence-corrected chi connectivity index (χ2v) is 4.84. The number of aliphatic carboxylic acids is 1. The van der Waals surface area contributed by atoms with E-state index in [2.05, 4.69) is 5.32 Å². The minimum absolute atomic E-state index is 0.112. The first-order valence-electron chi connectivity index (χ1n) is 6.03. The third-order valence-electron chi connectivity index (χ3n) is 3.62. The molecule has 0 aromatic heterocycles. The van der Waals surface area contributed by atoms with Gasteiger partial charge in [0.1, 0.15) is 19.5 Å². The number of nitrogens with one attached hydrogen (secondary N) is 1. The lowest BCUT2D eigenvalue weighted by Crippen LogP contribution is -2.47. The van der Waals surface area contributed by atoms with Gasteiger partial charge in [-0.05, 0) is 19.8 Å². The zero-order valence-corrected chi connectivity index (χ0v) is 10.3. The van der Waals surface area contributed by atoms with Crippen LogP contribution in [0, 0.1) is 5.41 Å². The normalized spacial score (nSPS) is 30.9. The number of amides is 1. The molecule has 100 valence electrons. The number of carboxylic acid groups (broad SMARTS) is 1. The second kappa shape index (κ2) is 4.88. The Morgan fingerprint density at radius 3 is 2.89 bits per heavy atom. The molecule has 1 fully saturated rings. The summed E-state index contributed by atoms with van der Waals surface area (Å²) in [5.41, 5.74) is -0.897. The van der Waals surface area contributed by atoms with Crippen molar-refractivity contribution in [3.05, 3.63) is 12.0 Å². The monoisotopic (exact) mass is 255 g/mol. The minimum Gasteiger partial charge on any atom is -0.494 e. The van der Waals surface area contributed by atoms with Gasteiger partial charge in [0.2, 0.25) is 5.76 Å². The summed E-state index contributed by atoms with van der Waals surface area (Å²) in [5, 5.41) is 12.0. The van der Waals surface area contributed by atoms with Crippen molar-refractivity contribution in [3.8, 4) is 0 Å². The van der Waals surface area contributed by atoms with E-state index < -0.39 is 17.3 Å². The van der Waals surface area contributed by atoms with Crippen molar-refractivity contribution in [1.29, 1.82) is 0 Å². The maximum atomic E-state index is 11.9. The highest BCUT2D eigenvalue weighted by Gasteiger charge is 2.46. The molecule has 0 aromatic rings. The Morgan fingerprint density at radius 1 is 1.50 bits per heavy atom. The molecule has 6 nitrogen and oxygen atoms in total. The molecular formula is C12H17NO5. The van der Waals surface area contributed by atoms with Gasteiger partial charge in [-0.25, -0.2) is 0 Å². The molecule has 2 unspecified atom stereocenters. The molecule has 0 aromatic carbocycles. The van der Waals surface area contributed by atoms with Crippen LogP contribution < -0.4 is 5.32 Å². The van der Waals surface area contributed by atoms with E-state index in [1.54, 1.807) is 6.92 Å². The maximum absolute atomic E-state index is 11.9. The maximum Gasteiger partial charge on any atom is 0.311 e. The fourth-order valence-electron chi connectivity index (χ4n) is 2.37. The molecule has 2 aliphatic rings. The fraction of sp³-hybridized carbons (Fsp3) is 0.667. The number of ether oxygens (including phenoxy) is 2. The van der Waals surface area contributed by atoms with Gasteiger partial charge in [0.25, 0.3) is 5.91 Å². The Hall–Kier alpha value is -1.72. The van der Waals surface area contributed by atoms with Crippen LogP contribution >= 0.6 is 0 Å². The molecule has 1 aliphatic heterocycles. The summed E-state index contributed by atoms with van der Waals surface area (Å²) in [7, 11) is 0. The Balaban J connectivity index is 2.02. The lowest BCUT2D eigenvalue weighted by Gasteiger charge is -2.28. The quantitative estimate of drug-likeness (QED) is 0.772. The highest BCUT2D eigenvalue weighted by atomic mass is 16.6. The van der Waals surface area contributed by atoms with Gasteiger partial charge < -0.3 is 19.9 Å². The van der Waals surface area contributed by atoms with Crippen molar-refractivity contribution in [2.45, 2.75) is 32.2 Å². The van der Waals surface area contributed by atoms with Crippen molar-refractivity contribution in [1.82, 2.24) is 5.32 Å². The van der Waals surface area contributed by atoms with E-state index in [1.165, 1.54) is 6.26 Å². The van der Waals surface area contributed by atoms with Gasteiger partial charge in [-0.15, -0.1) is 0 Å². The molecular weight excluding hydrogens is 238 g/mol. The van der Waals surface area contributed by atoms with Crippen molar-refractivity contribution in [2.24, 2.45) is 5.41 Å². The van der Waals surface area contributed by atoms with Crippen LogP contribution in [0.5, 0.6) is 0 Å². The van der Waals surface area contributed by atoms with Crippen LogP contribution in [0.2, 0.25) is 0 Å². The van der Waals surface area contributed by atoms with Crippen LogP contribution in [0.3, 0.4) is 0 Å². The van der Waals surface area contributed by atoms with Gasteiger partial charge in [-0.2, -0.15) is 0 Å². The van der Waals surface area contributed by atoms with Crippen molar-refractivity contribution >= 4 is 11.9 Å². The number of carboxylic acids is 1. The summed E-state index contributed by atoms with van der Waals surface area (Å²) < 4.78 is 10.2. The molecule has 0 spiro atoms. The lowest BCUT2D eigenvalue weighted by molar-refractivity contribution is -0.149. The molecule has 2 rings (SSSR count). The van der Waals surface area contributed by atoms with Crippen LogP contribution in [0.4, 0.5) is 0 Å². The first-order valence-corrected chi connectivity index (χ1v) is 6.03. The third-order valence-corrected chi connectivity index (χ3v) is 3.62. The first-order chi connectivity index (χ1) is 8.54. The highest BCUT2D eigenvalue weighted by Crippen LogP contribution is 2.38. The highest BCUT2D eigenvalue weighted by molar-refractivity contribution is 5.92. The Morgan fingerprint density at radius 2 is 2.28 bits per heavy atom. The van der Waals surface area contributed by atoms with E-state index in [4.69, 9.17) is 9.47 Å². The summed E-state index contributed by atoms with van der Waals surface area (Å²) in [4.78, 5) is 23.2. The summed E-state index contributed by atoms with van der Waals surface area (Å²) in [6.07, 6.45) is 3.31.